The molecule has 0 aromatic carbocycles. The van der Waals surface area contributed by atoms with Gasteiger partial charge < -0.3 is 20.5 Å². The maximum atomic E-state index is 4.55. The number of hydrogen-bond donors (Lipinski definition) is 3. The van der Waals surface area contributed by atoms with Crippen molar-refractivity contribution in [3.8, 4) is 0 Å². The summed E-state index contributed by atoms with van der Waals surface area (Å²) in [6, 6.07) is 0.227. The normalized spacial score (nSPS) is 17.8. The maximum Gasteiger partial charge on any atom is 0.126 e. The highest BCUT2D eigenvalue weighted by molar-refractivity contribution is 6.04. The van der Waals surface area contributed by atoms with Gasteiger partial charge in [-0.1, -0.05) is 13.5 Å². The van der Waals surface area contributed by atoms with Crippen molar-refractivity contribution in [1.82, 2.24) is 25.5 Å². The smallest absolute Gasteiger partial charge is 0.126 e. The lowest BCUT2D eigenvalue weighted by molar-refractivity contribution is 0.509. The van der Waals surface area contributed by atoms with E-state index < -0.39 is 0 Å². The first-order chi connectivity index (χ1) is 10.6. The number of aromatic nitrogens is 2. The van der Waals surface area contributed by atoms with Gasteiger partial charge in [0.1, 0.15) is 5.82 Å². The number of nitrogens with one attached hydrogen (secondary N) is 3. The number of nitrogens with zero attached hydrogens (tertiary/aromatic N) is 3. The fourth-order valence-electron chi connectivity index (χ4n) is 2.63. The Labute approximate surface area is 132 Å². The Morgan fingerprint density at radius 1 is 1.45 bits per heavy atom. The molecule has 2 heterocycles. The molecule has 2 rings (SSSR count). The minimum Gasteiger partial charge on any atom is -0.375 e. The van der Waals surface area contributed by atoms with Crippen molar-refractivity contribution in [2.24, 2.45) is 10.9 Å². The first kappa shape index (κ1) is 16.3. The van der Waals surface area contributed by atoms with Crippen molar-refractivity contribution >= 4 is 11.9 Å². The predicted molar refractivity (Wildman–Crippen MR) is 91.5 cm³/mol. The van der Waals surface area contributed by atoms with Gasteiger partial charge in [0.25, 0.3) is 0 Å². The number of fused-ring (bicyclic) bond motifs is 1. The fraction of sp³-hybridized carbons (Fsp3) is 0.500. The number of hydrogen-bond acceptors (Lipinski definition) is 5. The molecule has 1 aliphatic rings. The second-order valence-corrected chi connectivity index (χ2v) is 5.57. The number of rotatable bonds is 6. The van der Waals surface area contributed by atoms with Crippen LogP contribution in [0.5, 0.6) is 0 Å². The van der Waals surface area contributed by atoms with Gasteiger partial charge in [0, 0.05) is 62.5 Å². The topological polar surface area (TPSA) is 66.3 Å². The lowest BCUT2D eigenvalue weighted by Crippen LogP contribution is -2.39. The highest BCUT2D eigenvalue weighted by Crippen LogP contribution is 2.16. The zero-order valence-corrected chi connectivity index (χ0v) is 13.8. The van der Waals surface area contributed by atoms with E-state index in [0.717, 1.165) is 30.4 Å². The summed E-state index contributed by atoms with van der Waals surface area (Å²) < 4.78 is 2.07. The summed E-state index contributed by atoms with van der Waals surface area (Å²) in [5.74, 6) is 2.10. The summed E-state index contributed by atoms with van der Waals surface area (Å²) in [4.78, 5) is 8.90. The largest absolute Gasteiger partial charge is 0.375 e. The van der Waals surface area contributed by atoms with Gasteiger partial charge in [-0.2, -0.15) is 0 Å². The van der Waals surface area contributed by atoms with Crippen molar-refractivity contribution < 1.29 is 0 Å². The van der Waals surface area contributed by atoms with E-state index >= 15 is 0 Å². The molecule has 1 aromatic rings. The zero-order chi connectivity index (χ0) is 16.1. The van der Waals surface area contributed by atoms with Crippen LogP contribution in [0.3, 0.4) is 0 Å². The van der Waals surface area contributed by atoms with Crippen LogP contribution in [0.15, 0.2) is 35.4 Å². The van der Waals surface area contributed by atoms with Crippen LogP contribution >= 0.6 is 0 Å². The van der Waals surface area contributed by atoms with E-state index in [2.05, 4.69) is 57.1 Å². The lowest BCUT2D eigenvalue weighted by atomic mass is 9.92. The van der Waals surface area contributed by atoms with E-state index in [9.17, 15) is 0 Å². The fourth-order valence-corrected chi connectivity index (χ4v) is 2.63. The van der Waals surface area contributed by atoms with Crippen molar-refractivity contribution in [1.29, 1.82) is 0 Å². The Bertz CT molecular complexity index is 583. The van der Waals surface area contributed by atoms with E-state index in [4.69, 9.17) is 0 Å². The van der Waals surface area contributed by atoms with Crippen LogP contribution in [-0.2, 0) is 6.54 Å². The van der Waals surface area contributed by atoms with Crippen molar-refractivity contribution in [3.63, 3.8) is 0 Å². The molecule has 0 aliphatic carbocycles. The van der Waals surface area contributed by atoms with Crippen LogP contribution in [0.25, 0.3) is 6.20 Å². The van der Waals surface area contributed by atoms with Gasteiger partial charge in [0.2, 0.25) is 0 Å². The van der Waals surface area contributed by atoms with Crippen LogP contribution in [0.2, 0.25) is 0 Å². The van der Waals surface area contributed by atoms with Gasteiger partial charge in [-0.3, -0.25) is 4.99 Å². The molecule has 0 spiro atoms. The molecule has 2 unspecified atom stereocenters. The Kier molecular flexibility index (Phi) is 5.38. The van der Waals surface area contributed by atoms with Crippen molar-refractivity contribution in [3.05, 3.63) is 36.2 Å². The average molecular weight is 302 g/mol. The van der Waals surface area contributed by atoms with Crippen LogP contribution < -0.4 is 16.0 Å². The molecule has 1 aliphatic heterocycles. The van der Waals surface area contributed by atoms with E-state index in [1.54, 1.807) is 0 Å². The van der Waals surface area contributed by atoms with Gasteiger partial charge in [-0.05, 0) is 6.92 Å². The predicted octanol–water partition coefficient (Wildman–Crippen LogP) is 1.20. The molecule has 120 valence electrons. The third-order valence-corrected chi connectivity index (χ3v) is 4.10. The summed E-state index contributed by atoms with van der Waals surface area (Å²) >= 11 is 0. The van der Waals surface area contributed by atoms with E-state index in [1.165, 1.54) is 5.57 Å². The second-order valence-electron chi connectivity index (χ2n) is 5.57. The molecule has 0 bridgehead atoms. The summed E-state index contributed by atoms with van der Waals surface area (Å²) in [7, 11) is 3.71. The first-order valence-electron chi connectivity index (χ1n) is 7.60. The minimum atomic E-state index is 0.227. The molecular weight excluding hydrogens is 276 g/mol. The molecule has 0 fully saturated rings. The number of aliphatic imine (C=N–C) groups is 1. The van der Waals surface area contributed by atoms with Gasteiger partial charge in [0.15, 0.2) is 0 Å². The molecule has 0 amide bonds. The van der Waals surface area contributed by atoms with Crippen molar-refractivity contribution in [2.45, 2.75) is 26.4 Å². The summed E-state index contributed by atoms with van der Waals surface area (Å²) in [6.45, 7) is 9.82. The van der Waals surface area contributed by atoms with E-state index in [-0.39, 0.29) is 12.0 Å². The van der Waals surface area contributed by atoms with Gasteiger partial charge >= 0.3 is 0 Å². The van der Waals surface area contributed by atoms with Crippen LogP contribution in [0.1, 0.15) is 19.7 Å². The first-order valence-corrected chi connectivity index (χ1v) is 7.60. The Morgan fingerprint density at radius 3 is 2.91 bits per heavy atom. The Hall–Kier alpha value is -2.08. The SMILES string of the molecule is C=C(NC)NC(C)C(C)C(=NC)C1=Cn2ccnc2CNC1. The van der Waals surface area contributed by atoms with E-state index in [0.29, 0.717) is 0 Å². The monoisotopic (exact) mass is 302 g/mol. The molecule has 1 aromatic heterocycles. The third kappa shape index (κ3) is 3.57. The van der Waals surface area contributed by atoms with Crippen LogP contribution in [0, 0.1) is 5.92 Å². The standard InChI is InChI=1S/C16H26N6/c1-11(12(2)21-13(3)17-4)16(18-5)14-8-19-9-15-20-6-7-22(15)10-14/h6-7,10-12,17,19,21H,3,8-9H2,1-2,4-5H3. The summed E-state index contributed by atoms with van der Waals surface area (Å²) in [5, 5.41) is 9.80. The summed E-state index contributed by atoms with van der Waals surface area (Å²) in [6.07, 6.45) is 5.93. The summed E-state index contributed by atoms with van der Waals surface area (Å²) in [5.41, 5.74) is 2.29. The molecule has 22 heavy (non-hydrogen) atoms. The zero-order valence-electron chi connectivity index (χ0n) is 13.8. The van der Waals surface area contributed by atoms with Gasteiger partial charge in [0.05, 0.1) is 12.4 Å². The van der Waals surface area contributed by atoms with Crippen LogP contribution in [-0.4, -0.2) is 41.9 Å². The molecule has 0 saturated heterocycles. The Morgan fingerprint density at radius 2 is 2.23 bits per heavy atom. The highest BCUT2D eigenvalue weighted by Gasteiger charge is 2.22. The molecule has 0 radical (unpaired) electrons. The number of imidazole rings is 1. The quantitative estimate of drug-likeness (QED) is 0.691. The minimum absolute atomic E-state index is 0.227. The highest BCUT2D eigenvalue weighted by atomic mass is 15.1. The average Bonchev–Trinajstić information content (AvgIpc) is 2.85. The maximum absolute atomic E-state index is 4.55. The van der Waals surface area contributed by atoms with Crippen LogP contribution in [0.4, 0.5) is 0 Å². The molecule has 3 N–H and O–H groups in total. The second kappa shape index (κ2) is 7.26. The van der Waals surface area contributed by atoms with Gasteiger partial charge in [-0.15, -0.1) is 0 Å². The molecule has 6 nitrogen and oxygen atoms in total. The van der Waals surface area contributed by atoms with Gasteiger partial charge in [-0.25, -0.2) is 4.98 Å². The third-order valence-electron chi connectivity index (χ3n) is 4.10. The molecular formula is C16H26N6. The van der Waals surface area contributed by atoms with E-state index in [1.807, 2.05) is 26.5 Å². The molecule has 0 saturated carbocycles. The Balaban J connectivity index is 2.19. The van der Waals surface area contributed by atoms with Crippen molar-refractivity contribution in [2.75, 3.05) is 20.6 Å². The lowest BCUT2D eigenvalue weighted by Gasteiger charge is -2.26. The molecule has 6 heteroatoms. The molecule has 2 atom stereocenters.